The van der Waals surface area contributed by atoms with Crippen LogP contribution in [0.25, 0.3) is 0 Å². The number of rotatable bonds is 1. The van der Waals surface area contributed by atoms with E-state index in [1.165, 1.54) is 6.07 Å². The number of aromatic nitrogens is 1. The van der Waals surface area contributed by atoms with Gasteiger partial charge in [-0.25, -0.2) is 18.2 Å². The maximum absolute atomic E-state index is 13.3. The molecule has 2 nitrogen and oxygen atoms in total. The first kappa shape index (κ1) is 10.9. The van der Waals surface area contributed by atoms with E-state index >= 15 is 0 Å². The summed E-state index contributed by atoms with van der Waals surface area (Å²) < 4.78 is 39.4. The largest absolute Gasteiger partial charge is 0.356 e. The van der Waals surface area contributed by atoms with Gasteiger partial charge in [-0.2, -0.15) is 0 Å². The normalized spacial score (nSPS) is 30.6. The molecule has 0 radical (unpaired) electrons. The van der Waals surface area contributed by atoms with Crippen molar-refractivity contribution in [2.75, 3.05) is 18.0 Å². The highest BCUT2D eigenvalue weighted by Gasteiger charge is 2.71. The molecule has 1 aliphatic carbocycles. The van der Waals surface area contributed by atoms with Crippen molar-refractivity contribution >= 4 is 5.82 Å². The first-order valence-electron chi connectivity index (χ1n) is 5.77. The molecule has 1 saturated carbocycles. The fourth-order valence-corrected chi connectivity index (χ4v) is 2.71. The second-order valence-corrected chi connectivity index (χ2v) is 5.02. The number of nitrogens with zero attached hydrogens (tertiary/aromatic N) is 2. The molecule has 2 aliphatic rings. The average Bonchev–Trinajstić information content (AvgIpc) is 2.80. The molecule has 1 unspecified atom stereocenters. The molecule has 1 saturated heterocycles. The number of pyridine rings is 1. The van der Waals surface area contributed by atoms with Crippen molar-refractivity contribution in [1.29, 1.82) is 0 Å². The molecule has 1 aliphatic heterocycles. The Morgan fingerprint density at radius 2 is 2.06 bits per heavy atom. The molecule has 1 aromatic rings. The Labute approximate surface area is 97.5 Å². The highest BCUT2D eigenvalue weighted by atomic mass is 19.3. The van der Waals surface area contributed by atoms with Gasteiger partial charge in [-0.1, -0.05) is 0 Å². The van der Waals surface area contributed by atoms with Crippen LogP contribution in [0.3, 0.4) is 0 Å². The summed E-state index contributed by atoms with van der Waals surface area (Å²) in [6, 6.07) is 2.86. The first-order chi connectivity index (χ1) is 8.02. The molecule has 1 atom stereocenters. The molecular weight excluding hydrogens is 229 g/mol. The lowest BCUT2D eigenvalue weighted by molar-refractivity contribution is 0.0575. The third-order valence-corrected chi connectivity index (χ3v) is 3.82. The van der Waals surface area contributed by atoms with Crippen LogP contribution in [-0.2, 0) is 0 Å². The minimum Gasteiger partial charge on any atom is -0.356 e. The molecule has 92 valence electrons. The van der Waals surface area contributed by atoms with Crippen molar-refractivity contribution in [2.24, 2.45) is 5.41 Å². The Morgan fingerprint density at radius 1 is 1.29 bits per heavy atom. The van der Waals surface area contributed by atoms with Gasteiger partial charge in [0.25, 0.3) is 5.92 Å². The molecule has 0 N–H and O–H groups in total. The summed E-state index contributed by atoms with van der Waals surface area (Å²) in [5.41, 5.74) is -0.846. The Kier molecular flexibility index (Phi) is 2.15. The molecule has 0 bridgehead atoms. The van der Waals surface area contributed by atoms with Gasteiger partial charge in [-0.3, -0.25) is 0 Å². The van der Waals surface area contributed by atoms with Crippen molar-refractivity contribution in [3.8, 4) is 0 Å². The lowest BCUT2D eigenvalue weighted by atomic mass is 9.94. The van der Waals surface area contributed by atoms with E-state index in [4.69, 9.17) is 0 Å². The van der Waals surface area contributed by atoms with Crippen molar-refractivity contribution in [3.05, 3.63) is 24.1 Å². The van der Waals surface area contributed by atoms with Gasteiger partial charge in [0.1, 0.15) is 11.6 Å². The monoisotopic (exact) mass is 242 g/mol. The molecule has 1 spiro atoms. The topological polar surface area (TPSA) is 16.1 Å². The van der Waals surface area contributed by atoms with E-state index in [0.717, 1.165) is 19.2 Å². The SMILES string of the molecule is Fc1ccc(N2CCCC3(C2)CC3(F)F)nc1. The van der Waals surface area contributed by atoms with Crippen molar-refractivity contribution in [1.82, 2.24) is 4.98 Å². The van der Waals surface area contributed by atoms with E-state index in [-0.39, 0.29) is 6.42 Å². The van der Waals surface area contributed by atoms with E-state index < -0.39 is 17.2 Å². The molecule has 5 heteroatoms. The predicted octanol–water partition coefficient (Wildman–Crippen LogP) is 2.85. The first-order valence-corrected chi connectivity index (χ1v) is 5.77. The Balaban J connectivity index is 1.79. The number of hydrogen-bond donors (Lipinski definition) is 0. The summed E-state index contributed by atoms with van der Waals surface area (Å²) in [5, 5.41) is 0. The lowest BCUT2D eigenvalue weighted by Crippen LogP contribution is -2.39. The van der Waals surface area contributed by atoms with Crippen LogP contribution in [0.1, 0.15) is 19.3 Å². The van der Waals surface area contributed by atoms with E-state index in [1.807, 2.05) is 4.90 Å². The Hall–Kier alpha value is -1.26. The molecule has 2 fully saturated rings. The van der Waals surface area contributed by atoms with Crippen LogP contribution in [0, 0.1) is 11.2 Å². The van der Waals surface area contributed by atoms with Gasteiger partial charge in [0, 0.05) is 19.5 Å². The van der Waals surface area contributed by atoms with Gasteiger partial charge in [0.15, 0.2) is 0 Å². The summed E-state index contributed by atoms with van der Waals surface area (Å²) in [4.78, 5) is 5.79. The van der Waals surface area contributed by atoms with E-state index in [1.54, 1.807) is 6.07 Å². The second kappa shape index (κ2) is 3.37. The van der Waals surface area contributed by atoms with Crippen LogP contribution in [0.5, 0.6) is 0 Å². The molecule has 0 aromatic carbocycles. The molecule has 2 heterocycles. The fourth-order valence-electron chi connectivity index (χ4n) is 2.71. The van der Waals surface area contributed by atoms with Crippen LogP contribution in [-0.4, -0.2) is 24.0 Å². The zero-order chi connectivity index (χ0) is 12.1. The highest BCUT2D eigenvalue weighted by Crippen LogP contribution is 2.64. The van der Waals surface area contributed by atoms with Crippen LogP contribution in [0.4, 0.5) is 19.0 Å². The summed E-state index contributed by atoms with van der Waals surface area (Å²) in [6.45, 7) is 1.05. The number of piperidine rings is 1. The van der Waals surface area contributed by atoms with Gasteiger partial charge in [0.05, 0.1) is 11.6 Å². The lowest BCUT2D eigenvalue weighted by Gasteiger charge is -2.33. The average molecular weight is 242 g/mol. The predicted molar refractivity (Wildman–Crippen MR) is 57.6 cm³/mol. The molecule has 17 heavy (non-hydrogen) atoms. The smallest absolute Gasteiger partial charge is 0.256 e. The van der Waals surface area contributed by atoms with E-state index in [0.29, 0.717) is 18.8 Å². The van der Waals surface area contributed by atoms with Crippen molar-refractivity contribution in [2.45, 2.75) is 25.2 Å². The number of anilines is 1. The summed E-state index contributed by atoms with van der Waals surface area (Å²) in [7, 11) is 0. The number of hydrogen-bond acceptors (Lipinski definition) is 2. The minimum atomic E-state index is -2.52. The van der Waals surface area contributed by atoms with Gasteiger partial charge >= 0.3 is 0 Å². The van der Waals surface area contributed by atoms with E-state index in [9.17, 15) is 13.2 Å². The zero-order valence-corrected chi connectivity index (χ0v) is 9.30. The molecule has 1 aromatic heterocycles. The summed E-state index contributed by atoms with van der Waals surface area (Å²) in [6.07, 6.45) is 2.44. The number of alkyl halides is 2. The fraction of sp³-hybridized carbons (Fsp3) is 0.583. The maximum Gasteiger partial charge on any atom is 0.256 e. The van der Waals surface area contributed by atoms with Gasteiger partial charge in [-0.05, 0) is 25.0 Å². The Morgan fingerprint density at radius 3 is 2.65 bits per heavy atom. The second-order valence-electron chi connectivity index (χ2n) is 5.02. The summed E-state index contributed by atoms with van der Waals surface area (Å²) in [5.74, 6) is -2.34. The van der Waals surface area contributed by atoms with Crippen LogP contribution >= 0.6 is 0 Å². The van der Waals surface area contributed by atoms with Crippen molar-refractivity contribution in [3.63, 3.8) is 0 Å². The van der Waals surface area contributed by atoms with Gasteiger partial charge < -0.3 is 4.90 Å². The van der Waals surface area contributed by atoms with Gasteiger partial charge in [-0.15, -0.1) is 0 Å². The van der Waals surface area contributed by atoms with Crippen LogP contribution in [0.15, 0.2) is 18.3 Å². The van der Waals surface area contributed by atoms with E-state index in [2.05, 4.69) is 4.98 Å². The minimum absolute atomic E-state index is 0.0162. The molecule has 3 rings (SSSR count). The Bertz CT molecular complexity index is 432. The zero-order valence-electron chi connectivity index (χ0n) is 9.30. The third kappa shape index (κ3) is 1.68. The van der Waals surface area contributed by atoms with Crippen molar-refractivity contribution < 1.29 is 13.2 Å². The number of halogens is 3. The third-order valence-electron chi connectivity index (χ3n) is 3.82. The molecular formula is C12H13F3N2. The quantitative estimate of drug-likeness (QED) is 0.752. The highest BCUT2D eigenvalue weighted by molar-refractivity contribution is 5.40. The van der Waals surface area contributed by atoms with Gasteiger partial charge in [0.2, 0.25) is 0 Å². The van der Waals surface area contributed by atoms with Crippen LogP contribution < -0.4 is 4.90 Å². The molecule has 0 amide bonds. The summed E-state index contributed by atoms with van der Waals surface area (Å²) >= 11 is 0. The van der Waals surface area contributed by atoms with Crippen LogP contribution in [0.2, 0.25) is 0 Å². The standard InChI is InChI=1S/C12H13F3N2/c13-9-2-3-10(16-6-9)17-5-1-4-11(8-17)7-12(11,14)15/h2-3,6H,1,4-5,7-8H2. The maximum atomic E-state index is 13.3.